The number of aromatic nitrogens is 4. The lowest BCUT2D eigenvalue weighted by atomic mass is 10.1. The number of rotatable bonds is 3. The fraction of sp³-hybridized carbons (Fsp3) is 0.214. The molecular weight excluding hydrogens is 274 g/mol. The zero-order valence-corrected chi connectivity index (χ0v) is 12.2. The normalized spacial score (nSPS) is 10.8. The van der Waals surface area contributed by atoms with Gasteiger partial charge in [0.25, 0.3) is 0 Å². The Bertz CT molecular complexity index is 702. The van der Waals surface area contributed by atoms with Crippen LogP contribution in [-0.4, -0.2) is 39.2 Å². The summed E-state index contributed by atoms with van der Waals surface area (Å²) in [5, 5.41) is 14.3. The lowest BCUT2D eigenvalue weighted by molar-refractivity contribution is 0.386. The van der Waals surface area contributed by atoms with Gasteiger partial charge in [0.05, 0.1) is 12.2 Å². The van der Waals surface area contributed by atoms with Gasteiger partial charge in [0.15, 0.2) is 5.82 Å². The van der Waals surface area contributed by atoms with Crippen LogP contribution >= 0.6 is 12.4 Å². The first kappa shape index (κ1) is 14.4. The molecule has 2 aromatic carbocycles. The lowest BCUT2D eigenvalue weighted by Gasteiger charge is -2.11. The highest BCUT2D eigenvalue weighted by Crippen LogP contribution is 2.22. The lowest BCUT2D eigenvalue weighted by Crippen LogP contribution is -2.15. The molecule has 5 nitrogen and oxygen atoms in total. The van der Waals surface area contributed by atoms with Crippen LogP contribution in [0.25, 0.3) is 16.5 Å². The van der Waals surface area contributed by atoms with E-state index in [2.05, 4.69) is 33.7 Å². The molecule has 0 bridgehead atoms. The first-order chi connectivity index (χ1) is 9.25. The van der Waals surface area contributed by atoms with Crippen molar-refractivity contribution in [3.8, 4) is 5.69 Å². The fourth-order valence-corrected chi connectivity index (χ4v) is 2.17. The Labute approximate surface area is 123 Å². The van der Waals surface area contributed by atoms with E-state index >= 15 is 0 Å². The highest BCUT2D eigenvalue weighted by atomic mass is 35.5. The molecule has 1 aromatic heterocycles. The van der Waals surface area contributed by atoms with E-state index in [4.69, 9.17) is 0 Å². The standard InChI is InChI=1S/C14H15N5.ClH/c1-18(2)10-14-15-16-17-19(14)13-9-5-7-11-6-3-4-8-12(11)13;/h3-9H,10H2,1-2H3;1H. The van der Waals surface area contributed by atoms with E-state index in [1.807, 2.05) is 47.9 Å². The molecule has 0 unspecified atom stereocenters. The number of benzene rings is 2. The van der Waals surface area contributed by atoms with Crippen molar-refractivity contribution in [2.24, 2.45) is 0 Å². The van der Waals surface area contributed by atoms with Crippen LogP contribution in [0, 0.1) is 0 Å². The van der Waals surface area contributed by atoms with Gasteiger partial charge in [0, 0.05) is 5.39 Å². The molecule has 6 heteroatoms. The summed E-state index contributed by atoms with van der Waals surface area (Å²) >= 11 is 0. The van der Waals surface area contributed by atoms with Crippen molar-refractivity contribution >= 4 is 23.2 Å². The minimum atomic E-state index is 0. The number of halogens is 1. The topological polar surface area (TPSA) is 46.8 Å². The van der Waals surface area contributed by atoms with Gasteiger partial charge in [0.1, 0.15) is 0 Å². The number of fused-ring (bicyclic) bond motifs is 1. The Hall–Kier alpha value is -1.98. The van der Waals surface area contributed by atoms with Gasteiger partial charge in [-0.25, -0.2) is 0 Å². The average Bonchev–Trinajstić information content (AvgIpc) is 2.85. The van der Waals surface area contributed by atoms with Crippen LogP contribution in [0.15, 0.2) is 42.5 Å². The minimum absolute atomic E-state index is 0. The van der Waals surface area contributed by atoms with E-state index in [9.17, 15) is 0 Å². The zero-order chi connectivity index (χ0) is 13.2. The third-order valence-electron chi connectivity index (χ3n) is 2.99. The summed E-state index contributed by atoms with van der Waals surface area (Å²) in [5.74, 6) is 0.835. The van der Waals surface area contributed by atoms with Crippen LogP contribution in [-0.2, 0) is 6.54 Å². The largest absolute Gasteiger partial charge is 0.302 e. The summed E-state index contributed by atoms with van der Waals surface area (Å²) < 4.78 is 1.81. The summed E-state index contributed by atoms with van der Waals surface area (Å²) in [6.45, 7) is 0.705. The van der Waals surface area contributed by atoms with Gasteiger partial charge in [-0.2, -0.15) is 4.68 Å². The molecule has 0 radical (unpaired) electrons. The molecule has 0 saturated heterocycles. The van der Waals surface area contributed by atoms with E-state index in [1.165, 1.54) is 5.39 Å². The predicted molar refractivity (Wildman–Crippen MR) is 81.3 cm³/mol. The SMILES string of the molecule is CN(C)Cc1nnnn1-c1cccc2ccccc12.Cl. The highest BCUT2D eigenvalue weighted by Gasteiger charge is 2.11. The molecule has 3 rings (SSSR count). The smallest absolute Gasteiger partial charge is 0.170 e. The molecule has 20 heavy (non-hydrogen) atoms. The van der Waals surface area contributed by atoms with E-state index in [-0.39, 0.29) is 12.4 Å². The van der Waals surface area contributed by atoms with Crippen molar-refractivity contribution in [1.82, 2.24) is 25.1 Å². The number of nitrogens with zero attached hydrogens (tertiary/aromatic N) is 5. The molecule has 0 aliphatic rings. The van der Waals surface area contributed by atoms with Crippen LogP contribution < -0.4 is 0 Å². The Kier molecular flexibility index (Phi) is 4.32. The fourth-order valence-electron chi connectivity index (χ4n) is 2.17. The van der Waals surface area contributed by atoms with E-state index in [0.29, 0.717) is 6.54 Å². The molecule has 0 atom stereocenters. The first-order valence-corrected chi connectivity index (χ1v) is 6.16. The molecule has 0 aliphatic carbocycles. The van der Waals surface area contributed by atoms with Crippen LogP contribution in [0.3, 0.4) is 0 Å². The molecule has 0 N–H and O–H groups in total. The molecule has 0 fully saturated rings. The highest BCUT2D eigenvalue weighted by molar-refractivity contribution is 5.90. The van der Waals surface area contributed by atoms with Crippen molar-refractivity contribution in [3.05, 3.63) is 48.3 Å². The number of tetrazole rings is 1. The van der Waals surface area contributed by atoms with Crippen LogP contribution in [0.1, 0.15) is 5.82 Å². The van der Waals surface area contributed by atoms with Gasteiger partial charge < -0.3 is 4.90 Å². The minimum Gasteiger partial charge on any atom is -0.302 e. The van der Waals surface area contributed by atoms with Crippen LogP contribution in [0.4, 0.5) is 0 Å². The molecule has 0 spiro atoms. The monoisotopic (exact) mass is 289 g/mol. The second kappa shape index (κ2) is 5.98. The summed E-state index contributed by atoms with van der Waals surface area (Å²) in [7, 11) is 4.00. The molecule has 0 saturated carbocycles. The predicted octanol–water partition coefficient (Wildman–Crippen LogP) is 2.30. The summed E-state index contributed by atoms with van der Waals surface area (Å²) in [5.41, 5.74) is 1.01. The average molecular weight is 290 g/mol. The maximum atomic E-state index is 4.12. The van der Waals surface area contributed by atoms with Crippen LogP contribution in [0.2, 0.25) is 0 Å². The summed E-state index contributed by atoms with van der Waals surface area (Å²) in [4.78, 5) is 2.05. The second-order valence-electron chi connectivity index (χ2n) is 4.74. The Morgan fingerprint density at radius 1 is 1.05 bits per heavy atom. The maximum Gasteiger partial charge on any atom is 0.170 e. The third-order valence-corrected chi connectivity index (χ3v) is 2.99. The molecule has 3 aromatic rings. The number of hydrogen-bond donors (Lipinski definition) is 0. The van der Waals surface area contributed by atoms with Gasteiger partial charge in [-0.3, -0.25) is 0 Å². The number of hydrogen-bond acceptors (Lipinski definition) is 4. The van der Waals surface area contributed by atoms with Crippen molar-refractivity contribution in [2.45, 2.75) is 6.54 Å². The van der Waals surface area contributed by atoms with Crippen molar-refractivity contribution in [3.63, 3.8) is 0 Å². The van der Waals surface area contributed by atoms with Gasteiger partial charge >= 0.3 is 0 Å². The molecule has 0 amide bonds. The van der Waals surface area contributed by atoms with E-state index in [0.717, 1.165) is 16.9 Å². The van der Waals surface area contributed by atoms with Crippen molar-refractivity contribution < 1.29 is 0 Å². The molecule has 104 valence electrons. The molecule has 0 aliphatic heterocycles. The second-order valence-corrected chi connectivity index (χ2v) is 4.74. The Balaban J connectivity index is 0.00000147. The summed E-state index contributed by atoms with van der Waals surface area (Å²) in [6, 6.07) is 14.4. The van der Waals surface area contributed by atoms with Gasteiger partial charge in [0.2, 0.25) is 0 Å². The first-order valence-electron chi connectivity index (χ1n) is 6.16. The Morgan fingerprint density at radius 2 is 1.80 bits per heavy atom. The summed E-state index contributed by atoms with van der Waals surface area (Å²) in [6.07, 6.45) is 0. The molecule has 1 heterocycles. The van der Waals surface area contributed by atoms with Gasteiger partial charge in [-0.05, 0) is 36.0 Å². The zero-order valence-electron chi connectivity index (χ0n) is 11.4. The maximum absolute atomic E-state index is 4.12. The van der Waals surface area contributed by atoms with Gasteiger partial charge in [-0.15, -0.1) is 17.5 Å². The van der Waals surface area contributed by atoms with Crippen LogP contribution in [0.5, 0.6) is 0 Å². The third kappa shape index (κ3) is 2.64. The quantitative estimate of drug-likeness (QED) is 0.742. The van der Waals surface area contributed by atoms with E-state index in [1.54, 1.807) is 0 Å². The molecular formula is C14H16ClN5. The van der Waals surface area contributed by atoms with E-state index < -0.39 is 0 Å². The van der Waals surface area contributed by atoms with Crippen molar-refractivity contribution in [1.29, 1.82) is 0 Å². The van der Waals surface area contributed by atoms with Crippen molar-refractivity contribution in [2.75, 3.05) is 14.1 Å². The Morgan fingerprint density at radius 3 is 2.60 bits per heavy atom. The van der Waals surface area contributed by atoms with Gasteiger partial charge in [-0.1, -0.05) is 36.4 Å².